The van der Waals surface area contributed by atoms with Crippen molar-refractivity contribution in [2.24, 2.45) is 0 Å². The van der Waals surface area contributed by atoms with E-state index in [0.29, 0.717) is 0 Å². The minimum Gasteiger partial charge on any atom is -0.492 e. The lowest BCUT2D eigenvalue weighted by Crippen LogP contribution is -2.19. The van der Waals surface area contributed by atoms with Gasteiger partial charge in [-0.3, -0.25) is 0 Å². The summed E-state index contributed by atoms with van der Waals surface area (Å²) in [7, 11) is 4.10. The lowest BCUT2D eigenvalue weighted by molar-refractivity contribution is 0.261. The molecule has 0 heterocycles. The average molecular weight is 225 g/mol. The number of hydrogen-bond donors (Lipinski definition) is 0. The van der Waals surface area contributed by atoms with Crippen molar-refractivity contribution in [3.63, 3.8) is 0 Å². The summed E-state index contributed by atoms with van der Waals surface area (Å²) in [6.45, 7) is 3.85. The molecular weight excluding hydrogens is 206 g/mol. The van der Waals surface area contributed by atoms with Crippen molar-refractivity contribution in [2.45, 2.75) is 11.8 Å². The van der Waals surface area contributed by atoms with Gasteiger partial charge in [0.15, 0.2) is 0 Å². The SMILES string of the molecule is CCSc1cccc(OCCN(C)C)c1. The van der Waals surface area contributed by atoms with Crippen LogP contribution in [0.25, 0.3) is 0 Å². The molecule has 0 spiro atoms. The first kappa shape index (κ1) is 12.4. The van der Waals surface area contributed by atoms with Gasteiger partial charge in [0, 0.05) is 11.4 Å². The summed E-state index contributed by atoms with van der Waals surface area (Å²) in [6.07, 6.45) is 0. The summed E-state index contributed by atoms with van der Waals surface area (Å²) < 4.78 is 5.65. The number of thioether (sulfide) groups is 1. The first-order valence-electron chi connectivity index (χ1n) is 5.22. The highest BCUT2D eigenvalue weighted by Crippen LogP contribution is 2.22. The molecule has 0 atom stereocenters. The molecule has 0 saturated heterocycles. The highest BCUT2D eigenvalue weighted by Gasteiger charge is 1.97. The zero-order chi connectivity index (χ0) is 11.1. The Labute approximate surface area is 96.6 Å². The van der Waals surface area contributed by atoms with Gasteiger partial charge in [-0.05, 0) is 38.0 Å². The number of benzene rings is 1. The van der Waals surface area contributed by atoms with Crippen LogP contribution in [0.2, 0.25) is 0 Å². The van der Waals surface area contributed by atoms with Crippen LogP contribution in [0.15, 0.2) is 29.2 Å². The van der Waals surface area contributed by atoms with E-state index < -0.39 is 0 Å². The normalized spacial score (nSPS) is 10.7. The third kappa shape index (κ3) is 5.09. The number of likely N-dealkylation sites (N-methyl/N-ethyl adjacent to an activating group) is 1. The second-order valence-electron chi connectivity index (χ2n) is 3.56. The van der Waals surface area contributed by atoms with E-state index in [2.05, 4.69) is 24.0 Å². The Morgan fingerprint density at radius 3 is 2.80 bits per heavy atom. The quantitative estimate of drug-likeness (QED) is 0.691. The molecule has 15 heavy (non-hydrogen) atoms. The molecule has 1 aromatic carbocycles. The first-order valence-corrected chi connectivity index (χ1v) is 6.21. The zero-order valence-electron chi connectivity index (χ0n) is 9.69. The van der Waals surface area contributed by atoms with Gasteiger partial charge in [0.25, 0.3) is 0 Å². The number of rotatable bonds is 6. The van der Waals surface area contributed by atoms with Crippen LogP contribution in [0.4, 0.5) is 0 Å². The molecule has 84 valence electrons. The van der Waals surface area contributed by atoms with E-state index in [-0.39, 0.29) is 0 Å². The molecule has 0 aliphatic rings. The number of nitrogens with zero attached hydrogens (tertiary/aromatic N) is 1. The standard InChI is InChI=1S/C12H19NOS/c1-4-15-12-7-5-6-11(10-12)14-9-8-13(2)3/h5-7,10H,4,8-9H2,1-3H3. The highest BCUT2D eigenvalue weighted by molar-refractivity contribution is 7.99. The molecule has 0 amide bonds. The van der Waals surface area contributed by atoms with Crippen LogP contribution < -0.4 is 4.74 Å². The van der Waals surface area contributed by atoms with E-state index in [1.807, 2.05) is 38.0 Å². The highest BCUT2D eigenvalue weighted by atomic mass is 32.2. The van der Waals surface area contributed by atoms with Crippen LogP contribution in [0.3, 0.4) is 0 Å². The fourth-order valence-corrected chi connectivity index (χ4v) is 1.87. The Bertz CT molecular complexity index is 289. The Balaban J connectivity index is 2.43. The van der Waals surface area contributed by atoms with Gasteiger partial charge >= 0.3 is 0 Å². The summed E-state index contributed by atoms with van der Waals surface area (Å²) >= 11 is 1.84. The van der Waals surface area contributed by atoms with Crippen molar-refractivity contribution >= 4 is 11.8 Å². The van der Waals surface area contributed by atoms with Crippen molar-refractivity contribution in [1.29, 1.82) is 0 Å². The monoisotopic (exact) mass is 225 g/mol. The molecule has 0 N–H and O–H groups in total. The Morgan fingerprint density at radius 1 is 1.33 bits per heavy atom. The summed E-state index contributed by atoms with van der Waals surface area (Å²) in [5.74, 6) is 2.07. The number of hydrogen-bond acceptors (Lipinski definition) is 3. The minimum atomic E-state index is 0.743. The van der Waals surface area contributed by atoms with Gasteiger partial charge in [-0.15, -0.1) is 11.8 Å². The van der Waals surface area contributed by atoms with Crippen LogP contribution in [0, 0.1) is 0 Å². The van der Waals surface area contributed by atoms with Crippen molar-refractivity contribution in [2.75, 3.05) is 33.0 Å². The molecule has 0 unspecified atom stereocenters. The fraction of sp³-hybridized carbons (Fsp3) is 0.500. The van der Waals surface area contributed by atoms with E-state index >= 15 is 0 Å². The molecule has 0 bridgehead atoms. The van der Waals surface area contributed by atoms with Crippen molar-refractivity contribution in [3.8, 4) is 5.75 Å². The predicted molar refractivity (Wildman–Crippen MR) is 66.9 cm³/mol. The van der Waals surface area contributed by atoms with Gasteiger partial charge in [0.1, 0.15) is 12.4 Å². The summed E-state index contributed by atoms with van der Waals surface area (Å²) in [5, 5.41) is 0. The second-order valence-corrected chi connectivity index (χ2v) is 4.90. The van der Waals surface area contributed by atoms with Gasteiger partial charge < -0.3 is 9.64 Å². The fourth-order valence-electron chi connectivity index (χ4n) is 1.17. The van der Waals surface area contributed by atoms with Gasteiger partial charge in [-0.2, -0.15) is 0 Å². The van der Waals surface area contributed by atoms with Crippen LogP contribution in [0.5, 0.6) is 5.75 Å². The summed E-state index contributed by atoms with van der Waals surface area (Å²) in [6, 6.07) is 8.27. The van der Waals surface area contributed by atoms with Crippen molar-refractivity contribution in [1.82, 2.24) is 4.90 Å². The minimum absolute atomic E-state index is 0.743. The van der Waals surface area contributed by atoms with Crippen LogP contribution in [0.1, 0.15) is 6.92 Å². The molecule has 0 fully saturated rings. The largest absolute Gasteiger partial charge is 0.492 e. The zero-order valence-corrected chi connectivity index (χ0v) is 10.5. The van der Waals surface area contributed by atoms with E-state index in [1.54, 1.807) is 0 Å². The molecule has 0 aromatic heterocycles. The molecule has 0 aliphatic carbocycles. The van der Waals surface area contributed by atoms with Gasteiger partial charge in [0.2, 0.25) is 0 Å². The van der Waals surface area contributed by atoms with Gasteiger partial charge in [-0.25, -0.2) is 0 Å². The number of ether oxygens (including phenoxy) is 1. The van der Waals surface area contributed by atoms with E-state index in [1.165, 1.54) is 4.90 Å². The van der Waals surface area contributed by atoms with Crippen LogP contribution >= 0.6 is 11.8 Å². The maximum atomic E-state index is 5.65. The maximum Gasteiger partial charge on any atom is 0.120 e. The Morgan fingerprint density at radius 2 is 2.13 bits per heavy atom. The van der Waals surface area contributed by atoms with E-state index in [0.717, 1.165) is 24.7 Å². The lowest BCUT2D eigenvalue weighted by atomic mass is 10.3. The van der Waals surface area contributed by atoms with Gasteiger partial charge in [0.05, 0.1) is 0 Å². The topological polar surface area (TPSA) is 12.5 Å². The maximum absolute atomic E-state index is 5.65. The molecule has 2 nitrogen and oxygen atoms in total. The second kappa shape index (κ2) is 6.75. The third-order valence-electron chi connectivity index (χ3n) is 1.92. The molecular formula is C12H19NOS. The first-order chi connectivity index (χ1) is 7.22. The Kier molecular flexibility index (Phi) is 5.58. The smallest absolute Gasteiger partial charge is 0.120 e. The molecule has 1 rings (SSSR count). The Hall–Kier alpha value is -0.670. The summed E-state index contributed by atoms with van der Waals surface area (Å²) in [4.78, 5) is 3.39. The molecule has 0 aliphatic heterocycles. The average Bonchev–Trinajstić information content (AvgIpc) is 2.18. The third-order valence-corrected chi connectivity index (χ3v) is 2.80. The molecule has 3 heteroatoms. The summed E-state index contributed by atoms with van der Waals surface area (Å²) in [5.41, 5.74) is 0. The van der Waals surface area contributed by atoms with Gasteiger partial charge in [-0.1, -0.05) is 13.0 Å². The van der Waals surface area contributed by atoms with Crippen LogP contribution in [-0.4, -0.2) is 37.9 Å². The molecule has 0 radical (unpaired) electrons. The molecule has 1 aromatic rings. The van der Waals surface area contributed by atoms with E-state index in [9.17, 15) is 0 Å². The predicted octanol–water partition coefficient (Wildman–Crippen LogP) is 2.74. The van der Waals surface area contributed by atoms with Crippen LogP contribution in [-0.2, 0) is 0 Å². The molecule has 0 saturated carbocycles. The van der Waals surface area contributed by atoms with Crippen molar-refractivity contribution in [3.05, 3.63) is 24.3 Å². The van der Waals surface area contributed by atoms with E-state index in [4.69, 9.17) is 4.74 Å². The van der Waals surface area contributed by atoms with Crippen molar-refractivity contribution < 1.29 is 4.74 Å². The lowest BCUT2D eigenvalue weighted by Gasteiger charge is -2.11.